The van der Waals surface area contributed by atoms with Gasteiger partial charge in [-0.3, -0.25) is 14.9 Å². The lowest BCUT2D eigenvalue weighted by molar-refractivity contribution is -0.384. The maximum Gasteiger partial charge on any atom is 0.348 e. The number of amides is 1. The molecule has 0 fully saturated rings. The number of nitrogens with zero attached hydrogens (tertiary/aromatic N) is 3. The van der Waals surface area contributed by atoms with Crippen molar-refractivity contribution in [1.82, 2.24) is 9.78 Å². The number of carbonyl (C=O) groups is 3. The quantitative estimate of drug-likeness (QED) is 0.212. The van der Waals surface area contributed by atoms with E-state index in [0.717, 1.165) is 17.4 Å². The summed E-state index contributed by atoms with van der Waals surface area (Å²) >= 11 is 6.92. The average Bonchev–Trinajstić information content (AvgIpc) is 3.42. The highest BCUT2D eigenvalue weighted by atomic mass is 35.5. The molecule has 196 valence electrons. The molecule has 2 aromatic heterocycles. The maximum atomic E-state index is 12.9. The number of carbonyl (C=O) groups excluding carboxylic acids is 3. The fourth-order valence-electron chi connectivity index (χ4n) is 3.09. The molecule has 1 aromatic carbocycles. The first-order valence-corrected chi connectivity index (χ1v) is 12.1. The molecule has 1 N–H and O–H groups in total. The van der Waals surface area contributed by atoms with Crippen LogP contribution < -0.4 is 10.1 Å². The van der Waals surface area contributed by atoms with Crippen LogP contribution in [0.1, 0.15) is 56.9 Å². The largest absolute Gasteiger partial charge is 0.470 e. The number of anilines is 1. The summed E-state index contributed by atoms with van der Waals surface area (Å²) in [6.45, 7) is 6.61. The molecule has 14 heteroatoms. The van der Waals surface area contributed by atoms with E-state index in [1.807, 2.05) is 0 Å². The van der Waals surface area contributed by atoms with Crippen molar-refractivity contribution in [3.05, 3.63) is 67.3 Å². The zero-order chi connectivity index (χ0) is 27.3. The molecule has 0 aliphatic heterocycles. The van der Waals surface area contributed by atoms with Crippen molar-refractivity contribution >= 4 is 51.5 Å². The molecule has 0 atom stereocenters. The first-order valence-electron chi connectivity index (χ1n) is 10.9. The van der Waals surface area contributed by atoms with Crippen LogP contribution in [-0.2, 0) is 16.2 Å². The first kappa shape index (κ1) is 27.6. The molecular weight excluding hydrogens is 528 g/mol. The number of halogens is 1. The molecule has 0 radical (unpaired) electrons. The Bertz CT molecular complexity index is 1350. The van der Waals surface area contributed by atoms with Gasteiger partial charge in [0.25, 0.3) is 11.6 Å². The number of nitro benzene ring substituents is 1. The Balaban J connectivity index is 1.77. The molecule has 3 rings (SSSR count). The summed E-state index contributed by atoms with van der Waals surface area (Å²) in [5, 5.41) is 17.8. The minimum absolute atomic E-state index is 0.00492. The fourth-order valence-corrected chi connectivity index (χ4v) is 4.40. The predicted octanol–water partition coefficient (Wildman–Crippen LogP) is 4.85. The van der Waals surface area contributed by atoms with Crippen molar-refractivity contribution in [3.63, 3.8) is 0 Å². The van der Waals surface area contributed by atoms with Crippen molar-refractivity contribution in [2.24, 2.45) is 0 Å². The Morgan fingerprint density at radius 1 is 1.24 bits per heavy atom. The van der Waals surface area contributed by atoms with Gasteiger partial charge in [-0.05, 0) is 45.4 Å². The van der Waals surface area contributed by atoms with Gasteiger partial charge >= 0.3 is 11.9 Å². The van der Waals surface area contributed by atoms with Gasteiger partial charge in [0.15, 0.2) is 12.4 Å². The van der Waals surface area contributed by atoms with Gasteiger partial charge < -0.3 is 19.5 Å². The minimum Gasteiger partial charge on any atom is -0.470 e. The second kappa shape index (κ2) is 11.8. The van der Waals surface area contributed by atoms with E-state index in [4.69, 9.17) is 25.8 Å². The summed E-state index contributed by atoms with van der Waals surface area (Å²) in [6.07, 6.45) is 1.06. The number of aromatic nitrogens is 2. The Hall–Kier alpha value is -3.97. The average molecular weight is 551 g/mol. The number of esters is 2. The third-order valence-electron chi connectivity index (χ3n) is 4.73. The number of ether oxygens (including phenoxy) is 3. The van der Waals surface area contributed by atoms with Gasteiger partial charge in [-0.25, -0.2) is 14.3 Å². The van der Waals surface area contributed by atoms with Crippen molar-refractivity contribution in [3.8, 4) is 5.75 Å². The molecule has 0 aliphatic rings. The highest BCUT2D eigenvalue weighted by molar-refractivity contribution is 7.18. The molecule has 0 bridgehead atoms. The number of rotatable bonds is 10. The standard InChI is InChI=1S/C23H23ClN4O8S/c1-5-34-23(31)19-13(4)18(22(30)36-12(2)3)21(37-19)25-20(29)16-8-9-27(26-16)11-35-17-7-6-14(28(32)33)10-15(17)24/h6-10,12H,5,11H2,1-4H3,(H,25,29). The third kappa shape index (κ3) is 6.62. The summed E-state index contributed by atoms with van der Waals surface area (Å²) in [5.74, 6) is -1.74. The van der Waals surface area contributed by atoms with E-state index in [9.17, 15) is 24.5 Å². The molecule has 12 nitrogen and oxygen atoms in total. The molecule has 0 spiro atoms. The molecule has 37 heavy (non-hydrogen) atoms. The Labute approximate surface area is 220 Å². The fraction of sp³-hybridized carbons (Fsp3) is 0.304. The summed E-state index contributed by atoms with van der Waals surface area (Å²) in [6, 6.07) is 5.19. The molecule has 0 aliphatic carbocycles. The predicted molar refractivity (Wildman–Crippen MR) is 134 cm³/mol. The zero-order valence-electron chi connectivity index (χ0n) is 20.3. The summed E-state index contributed by atoms with van der Waals surface area (Å²) < 4.78 is 17.2. The summed E-state index contributed by atoms with van der Waals surface area (Å²) in [7, 11) is 0. The number of hydrogen-bond donors (Lipinski definition) is 1. The lowest BCUT2D eigenvalue weighted by atomic mass is 10.1. The van der Waals surface area contributed by atoms with Crippen LogP contribution in [0.5, 0.6) is 5.75 Å². The third-order valence-corrected chi connectivity index (χ3v) is 6.22. The number of benzene rings is 1. The van der Waals surface area contributed by atoms with Gasteiger partial charge in [0, 0.05) is 18.3 Å². The van der Waals surface area contributed by atoms with Gasteiger partial charge in [0.2, 0.25) is 0 Å². The number of nitro groups is 1. The number of nitrogens with one attached hydrogen (secondary N) is 1. The van der Waals surface area contributed by atoms with Gasteiger partial charge in [-0.15, -0.1) is 11.3 Å². The van der Waals surface area contributed by atoms with Crippen molar-refractivity contribution in [1.29, 1.82) is 0 Å². The van der Waals surface area contributed by atoms with Crippen molar-refractivity contribution in [2.45, 2.75) is 40.5 Å². The second-order valence-electron chi connectivity index (χ2n) is 7.77. The Morgan fingerprint density at radius 2 is 1.97 bits per heavy atom. The van der Waals surface area contributed by atoms with Gasteiger partial charge in [0.05, 0.1) is 28.2 Å². The van der Waals surface area contributed by atoms with Crippen molar-refractivity contribution in [2.75, 3.05) is 11.9 Å². The molecule has 0 saturated carbocycles. The van der Waals surface area contributed by atoms with Crippen LogP contribution in [0.15, 0.2) is 30.5 Å². The molecular formula is C23H23ClN4O8S. The van der Waals surface area contributed by atoms with Gasteiger partial charge in [-0.1, -0.05) is 11.6 Å². The van der Waals surface area contributed by atoms with E-state index in [1.165, 1.54) is 29.1 Å². The van der Waals surface area contributed by atoms with Crippen LogP contribution in [0.2, 0.25) is 5.02 Å². The van der Waals surface area contributed by atoms with Crippen molar-refractivity contribution < 1.29 is 33.5 Å². The lowest BCUT2D eigenvalue weighted by Gasteiger charge is -2.10. The maximum absolute atomic E-state index is 12.9. The number of thiophene rings is 1. The zero-order valence-corrected chi connectivity index (χ0v) is 21.8. The van der Waals surface area contributed by atoms with E-state index < -0.39 is 28.9 Å². The summed E-state index contributed by atoms with van der Waals surface area (Å²) in [5.41, 5.74) is 0.223. The van der Waals surface area contributed by atoms with E-state index >= 15 is 0 Å². The van der Waals surface area contributed by atoms with E-state index in [-0.39, 0.29) is 50.9 Å². The molecule has 2 heterocycles. The summed E-state index contributed by atoms with van der Waals surface area (Å²) in [4.78, 5) is 48.4. The highest BCUT2D eigenvalue weighted by Crippen LogP contribution is 2.35. The molecule has 0 saturated heterocycles. The highest BCUT2D eigenvalue weighted by Gasteiger charge is 2.28. The van der Waals surface area contributed by atoms with Gasteiger partial charge in [-0.2, -0.15) is 5.10 Å². The molecule has 1 amide bonds. The Kier molecular flexibility index (Phi) is 8.84. The van der Waals surface area contributed by atoms with E-state index in [0.29, 0.717) is 5.56 Å². The van der Waals surface area contributed by atoms with Crippen LogP contribution in [0.25, 0.3) is 0 Å². The van der Waals surface area contributed by atoms with Crippen LogP contribution in [0, 0.1) is 17.0 Å². The SMILES string of the molecule is CCOC(=O)c1sc(NC(=O)c2ccn(COc3ccc([N+](=O)[O-])cc3Cl)n2)c(C(=O)OC(C)C)c1C. The number of hydrogen-bond acceptors (Lipinski definition) is 10. The first-order chi connectivity index (χ1) is 17.5. The normalized spacial score (nSPS) is 10.8. The van der Waals surface area contributed by atoms with Crippen LogP contribution in [-0.4, -0.2) is 45.3 Å². The molecule has 0 unspecified atom stereocenters. The van der Waals surface area contributed by atoms with Gasteiger partial charge in [0.1, 0.15) is 15.6 Å². The van der Waals surface area contributed by atoms with E-state index in [1.54, 1.807) is 27.7 Å². The van der Waals surface area contributed by atoms with Crippen LogP contribution in [0.3, 0.4) is 0 Å². The molecule has 3 aromatic rings. The lowest BCUT2D eigenvalue weighted by Crippen LogP contribution is -2.18. The van der Waals surface area contributed by atoms with E-state index in [2.05, 4.69) is 10.4 Å². The monoisotopic (exact) mass is 550 g/mol. The Morgan fingerprint density at radius 3 is 2.59 bits per heavy atom. The van der Waals surface area contributed by atoms with Crippen LogP contribution >= 0.6 is 22.9 Å². The second-order valence-corrected chi connectivity index (χ2v) is 9.20. The van der Waals surface area contributed by atoms with Crippen LogP contribution in [0.4, 0.5) is 10.7 Å². The number of non-ortho nitro benzene ring substituents is 1. The topological polar surface area (TPSA) is 152 Å². The minimum atomic E-state index is -0.687. The smallest absolute Gasteiger partial charge is 0.348 e.